The Morgan fingerprint density at radius 3 is 2.79 bits per heavy atom. The number of hydrogen-bond acceptors (Lipinski definition) is 3. The van der Waals surface area contributed by atoms with Gasteiger partial charge >= 0.3 is 0 Å². The number of ether oxygens (including phenoxy) is 1. The first-order valence-electron chi connectivity index (χ1n) is 5.18. The largest absolute Gasteiger partial charge is 0.394 e. The molecular formula is C10H21NO3. The molecule has 0 aliphatic heterocycles. The highest BCUT2D eigenvalue weighted by Gasteiger charge is 2.08. The van der Waals surface area contributed by atoms with Crippen LogP contribution in [0.4, 0.5) is 0 Å². The van der Waals surface area contributed by atoms with Crippen LogP contribution < -0.4 is 5.32 Å². The van der Waals surface area contributed by atoms with Crippen molar-refractivity contribution in [2.75, 3.05) is 26.4 Å². The van der Waals surface area contributed by atoms with Gasteiger partial charge in [0, 0.05) is 19.1 Å². The van der Waals surface area contributed by atoms with Crippen LogP contribution >= 0.6 is 0 Å². The minimum atomic E-state index is 0.0548. The zero-order valence-electron chi connectivity index (χ0n) is 9.08. The van der Waals surface area contributed by atoms with E-state index < -0.39 is 0 Å². The zero-order valence-corrected chi connectivity index (χ0v) is 9.08. The van der Waals surface area contributed by atoms with Crippen LogP contribution in [0.5, 0.6) is 0 Å². The molecule has 0 bridgehead atoms. The van der Waals surface area contributed by atoms with Gasteiger partial charge in [-0.05, 0) is 12.8 Å². The van der Waals surface area contributed by atoms with E-state index in [9.17, 15) is 4.79 Å². The molecule has 1 atom stereocenters. The lowest BCUT2D eigenvalue weighted by atomic mass is 10.1. The van der Waals surface area contributed by atoms with Gasteiger partial charge in [-0.3, -0.25) is 4.79 Å². The summed E-state index contributed by atoms with van der Waals surface area (Å²) in [5, 5.41) is 11.2. The van der Waals surface area contributed by atoms with E-state index in [1.807, 2.05) is 13.8 Å². The van der Waals surface area contributed by atoms with Gasteiger partial charge < -0.3 is 15.2 Å². The lowest BCUT2D eigenvalue weighted by Gasteiger charge is -2.09. The molecule has 0 heterocycles. The van der Waals surface area contributed by atoms with E-state index in [4.69, 9.17) is 9.84 Å². The molecule has 4 heteroatoms. The maximum absolute atomic E-state index is 11.3. The normalized spacial score (nSPS) is 12.5. The number of nitrogens with one attached hydrogen (secondary N) is 1. The van der Waals surface area contributed by atoms with Crippen molar-refractivity contribution in [3.63, 3.8) is 0 Å². The molecule has 0 aliphatic rings. The third-order valence-electron chi connectivity index (χ3n) is 2.06. The van der Waals surface area contributed by atoms with E-state index in [0.717, 1.165) is 12.8 Å². The van der Waals surface area contributed by atoms with Crippen LogP contribution in [0.2, 0.25) is 0 Å². The summed E-state index contributed by atoms with van der Waals surface area (Å²) in [4.78, 5) is 11.3. The third kappa shape index (κ3) is 6.86. The summed E-state index contributed by atoms with van der Waals surface area (Å²) in [6, 6.07) is 0. The summed E-state index contributed by atoms with van der Waals surface area (Å²) < 4.78 is 5.05. The number of carbonyl (C=O) groups is 1. The van der Waals surface area contributed by atoms with Gasteiger partial charge in [-0.15, -0.1) is 0 Å². The van der Waals surface area contributed by atoms with Crippen molar-refractivity contribution in [3.8, 4) is 0 Å². The summed E-state index contributed by atoms with van der Waals surface area (Å²) in [5.74, 6) is 0.197. The maximum Gasteiger partial charge on any atom is 0.222 e. The molecule has 1 amide bonds. The molecule has 0 spiro atoms. The fraction of sp³-hybridized carbons (Fsp3) is 0.900. The number of aliphatic hydroxyl groups is 1. The van der Waals surface area contributed by atoms with Gasteiger partial charge in [0.15, 0.2) is 0 Å². The Bertz CT molecular complexity index is 150. The first-order valence-corrected chi connectivity index (χ1v) is 5.18. The third-order valence-corrected chi connectivity index (χ3v) is 2.06. The first-order chi connectivity index (χ1) is 6.72. The van der Waals surface area contributed by atoms with Gasteiger partial charge in [-0.1, -0.05) is 13.8 Å². The highest BCUT2D eigenvalue weighted by Crippen LogP contribution is 1.99. The van der Waals surface area contributed by atoms with Gasteiger partial charge in [0.2, 0.25) is 5.91 Å². The van der Waals surface area contributed by atoms with Crippen LogP contribution in [0.15, 0.2) is 0 Å². The SMILES string of the molecule is CCC(C)C(=O)NCCCOCCO. The molecule has 0 radical (unpaired) electrons. The Hall–Kier alpha value is -0.610. The maximum atomic E-state index is 11.3. The molecule has 0 fully saturated rings. The number of aliphatic hydroxyl groups excluding tert-OH is 1. The summed E-state index contributed by atoms with van der Waals surface area (Å²) in [7, 11) is 0. The number of rotatable bonds is 8. The van der Waals surface area contributed by atoms with E-state index in [2.05, 4.69) is 5.32 Å². The smallest absolute Gasteiger partial charge is 0.222 e. The minimum absolute atomic E-state index is 0.0548. The number of carbonyl (C=O) groups excluding carboxylic acids is 1. The molecule has 0 aromatic heterocycles. The Balaban J connectivity index is 3.23. The van der Waals surface area contributed by atoms with Crippen LogP contribution in [0.3, 0.4) is 0 Å². The van der Waals surface area contributed by atoms with Gasteiger partial charge in [0.05, 0.1) is 13.2 Å². The zero-order chi connectivity index (χ0) is 10.8. The van der Waals surface area contributed by atoms with Crippen molar-refractivity contribution in [1.29, 1.82) is 0 Å². The van der Waals surface area contributed by atoms with Crippen molar-refractivity contribution < 1.29 is 14.6 Å². The van der Waals surface area contributed by atoms with Crippen molar-refractivity contribution in [1.82, 2.24) is 5.32 Å². The fourth-order valence-electron chi connectivity index (χ4n) is 0.912. The highest BCUT2D eigenvalue weighted by atomic mass is 16.5. The van der Waals surface area contributed by atoms with Crippen LogP contribution in [0, 0.1) is 5.92 Å². The standard InChI is InChI=1S/C10H21NO3/c1-3-9(2)10(13)11-5-4-7-14-8-6-12/h9,12H,3-8H2,1-2H3,(H,11,13). The molecule has 0 aliphatic carbocycles. The van der Waals surface area contributed by atoms with Gasteiger partial charge in [-0.2, -0.15) is 0 Å². The molecule has 0 saturated carbocycles. The quantitative estimate of drug-likeness (QED) is 0.566. The molecular weight excluding hydrogens is 182 g/mol. The van der Waals surface area contributed by atoms with Gasteiger partial charge in [0.25, 0.3) is 0 Å². The molecule has 0 aromatic rings. The lowest BCUT2D eigenvalue weighted by molar-refractivity contribution is -0.124. The number of hydrogen-bond donors (Lipinski definition) is 2. The summed E-state index contributed by atoms with van der Waals surface area (Å²) in [6.07, 6.45) is 1.66. The van der Waals surface area contributed by atoms with Gasteiger partial charge in [0.1, 0.15) is 0 Å². The minimum Gasteiger partial charge on any atom is -0.394 e. The van der Waals surface area contributed by atoms with Crippen molar-refractivity contribution in [3.05, 3.63) is 0 Å². The van der Waals surface area contributed by atoms with Crippen LogP contribution in [0.25, 0.3) is 0 Å². The molecule has 1 unspecified atom stereocenters. The molecule has 0 saturated heterocycles. The average Bonchev–Trinajstić information content (AvgIpc) is 2.21. The summed E-state index contributed by atoms with van der Waals surface area (Å²) in [5.41, 5.74) is 0. The Kier molecular flexibility index (Phi) is 8.57. The van der Waals surface area contributed by atoms with E-state index in [-0.39, 0.29) is 18.4 Å². The van der Waals surface area contributed by atoms with E-state index in [1.54, 1.807) is 0 Å². The molecule has 4 nitrogen and oxygen atoms in total. The topological polar surface area (TPSA) is 58.6 Å². The Labute approximate surface area is 85.6 Å². The Morgan fingerprint density at radius 2 is 2.21 bits per heavy atom. The van der Waals surface area contributed by atoms with Crippen molar-refractivity contribution in [2.45, 2.75) is 26.7 Å². The predicted octanol–water partition coefficient (Wildman–Crippen LogP) is 0.548. The Morgan fingerprint density at radius 1 is 1.50 bits per heavy atom. The van der Waals surface area contributed by atoms with Crippen LogP contribution in [-0.2, 0) is 9.53 Å². The monoisotopic (exact) mass is 203 g/mol. The average molecular weight is 203 g/mol. The predicted molar refractivity (Wildman–Crippen MR) is 55.0 cm³/mol. The second-order valence-corrected chi connectivity index (χ2v) is 3.29. The molecule has 2 N–H and O–H groups in total. The summed E-state index contributed by atoms with van der Waals surface area (Å²) >= 11 is 0. The highest BCUT2D eigenvalue weighted by molar-refractivity contribution is 5.78. The van der Waals surface area contributed by atoms with E-state index >= 15 is 0 Å². The van der Waals surface area contributed by atoms with E-state index in [0.29, 0.717) is 19.8 Å². The molecule has 0 aromatic carbocycles. The van der Waals surface area contributed by atoms with Crippen LogP contribution in [0.1, 0.15) is 26.7 Å². The summed E-state index contributed by atoms with van der Waals surface area (Å²) in [6.45, 7) is 5.57. The molecule has 0 rings (SSSR count). The number of amides is 1. The van der Waals surface area contributed by atoms with Gasteiger partial charge in [-0.25, -0.2) is 0 Å². The van der Waals surface area contributed by atoms with Crippen LogP contribution in [-0.4, -0.2) is 37.4 Å². The van der Waals surface area contributed by atoms with Crippen molar-refractivity contribution >= 4 is 5.91 Å². The molecule has 84 valence electrons. The first kappa shape index (κ1) is 13.4. The second-order valence-electron chi connectivity index (χ2n) is 3.29. The lowest BCUT2D eigenvalue weighted by Crippen LogP contribution is -2.30. The fourth-order valence-corrected chi connectivity index (χ4v) is 0.912. The van der Waals surface area contributed by atoms with Crippen molar-refractivity contribution in [2.24, 2.45) is 5.92 Å². The van der Waals surface area contributed by atoms with E-state index in [1.165, 1.54) is 0 Å². The second kappa shape index (κ2) is 8.97. The molecule has 14 heavy (non-hydrogen) atoms.